The summed E-state index contributed by atoms with van der Waals surface area (Å²) in [5, 5.41) is 4.60. The molecule has 0 saturated carbocycles. The van der Waals surface area contributed by atoms with E-state index in [0.717, 1.165) is 5.56 Å². The van der Waals surface area contributed by atoms with Crippen molar-refractivity contribution in [3.8, 4) is 17.2 Å². The van der Waals surface area contributed by atoms with Gasteiger partial charge in [0.05, 0.1) is 44.3 Å². The van der Waals surface area contributed by atoms with E-state index in [9.17, 15) is 0 Å². The molecule has 114 valence electrons. The second kappa shape index (κ2) is 6.24. The molecule has 0 aliphatic rings. The van der Waals surface area contributed by atoms with Crippen LogP contribution in [0, 0.1) is 0 Å². The van der Waals surface area contributed by atoms with Gasteiger partial charge in [-0.15, -0.1) is 0 Å². The predicted octanol–water partition coefficient (Wildman–Crippen LogP) is 2.15. The topological polar surface area (TPSA) is 71.5 Å². The summed E-state index contributed by atoms with van der Waals surface area (Å²) in [7, 11) is 6.45. The summed E-state index contributed by atoms with van der Waals surface area (Å²) in [6.07, 6.45) is 1.56. The number of methoxy groups -OCH3 is 3. The Morgan fingerprint density at radius 3 is 2.29 bits per heavy atom. The Morgan fingerprint density at radius 1 is 1.14 bits per heavy atom. The molecule has 1 unspecified atom stereocenters. The summed E-state index contributed by atoms with van der Waals surface area (Å²) >= 11 is 6.16. The number of hydrogen-bond donors (Lipinski definition) is 1. The highest BCUT2D eigenvalue weighted by atomic mass is 35.5. The first-order valence-corrected chi connectivity index (χ1v) is 6.64. The van der Waals surface area contributed by atoms with E-state index in [4.69, 9.17) is 31.5 Å². The summed E-state index contributed by atoms with van der Waals surface area (Å²) in [5.74, 6) is 1.58. The minimum atomic E-state index is -0.500. The van der Waals surface area contributed by atoms with Gasteiger partial charge in [-0.2, -0.15) is 5.10 Å². The van der Waals surface area contributed by atoms with Crippen LogP contribution in [0.25, 0.3) is 0 Å². The molecular weight excluding hydrogens is 294 g/mol. The molecule has 1 aromatic carbocycles. The fraction of sp³-hybridized carbons (Fsp3) is 0.357. The molecule has 21 heavy (non-hydrogen) atoms. The molecule has 2 aromatic rings. The van der Waals surface area contributed by atoms with Crippen molar-refractivity contribution in [1.82, 2.24) is 9.78 Å². The lowest BCUT2D eigenvalue weighted by molar-refractivity contribution is 0.321. The van der Waals surface area contributed by atoms with Crippen molar-refractivity contribution in [1.29, 1.82) is 0 Å². The normalized spacial score (nSPS) is 12.1. The maximum Gasteiger partial charge on any atom is 0.203 e. The van der Waals surface area contributed by atoms with Crippen LogP contribution < -0.4 is 19.9 Å². The number of aryl methyl sites for hydroxylation is 1. The van der Waals surface area contributed by atoms with E-state index < -0.39 is 6.04 Å². The van der Waals surface area contributed by atoms with Crippen LogP contribution in [-0.4, -0.2) is 31.1 Å². The lowest BCUT2D eigenvalue weighted by Gasteiger charge is -2.20. The zero-order valence-corrected chi connectivity index (χ0v) is 13.1. The zero-order valence-electron chi connectivity index (χ0n) is 12.4. The SMILES string of the molecule is COc1ccc(C(N)c2c(Cl)cnn2C)c(OC)c1OC. The van der Waals surface area contributed by atoms with E-state index in [2.05, 4.69) is 5.10 Å². The summed E-state index contributed by atoms with van der Waals surface area (Å²) in [6.45, 7) is 0. The molecule has 6 nitrogen and oxygen atoms in total. The van der Waals surface area contributed by atoms with Crippen LogP contribution in [0.2, 0.25) is 5.02 Å². The highest BCUT2D eigenvalue weighted by Gasteiger charge is 2.24. The van der Waals surface area contributed by atoms with E-state index in [-0.39, 0.29) is 0 Å². The highest BCUT2D eigenvalue weighted by molar-refractivity contribution is 6.31. The molecule has 2 N–H and O–H groups in total. The van der Waals surface area contributed by atoms with Crippen molar-refractivity contribution in [2.45, 2.75) is 6.04 Å². The molecule has 0 spiro atoms. The van der Waals surface area contributed by atoms with Gasteiger partial charge in [0, 0.05) is 12.6 Å². The molecular formula is C14H18ClN3O3. The van der Waals surface area contributed by atoms with Crippen LogP contribution in [0.5, 0.6) is 17.2 Å². The fourth-order valence-electron chi connectivity index (χ4n) is 2.29. The summed E-state index contributed by atoms with van der Waals surface area (Å²) < 4.78 is 17.7. The number of aromatic nitrogens is 2. The largest absolute Gasteiger partial charge is 0.493 e. The number of rotatable bonds is 5. The van der Waals surface area contributed by atoms with Crippen molar-refractivity contribution >= 4 is 11.6 Å². The summed E-state index contributed by atoms with van der Waals surface area (Å²) in [6, 6.07) is 3.11. The number of ether oxygens (including phenoxy) is 3. The number of hydrogen-bond acceptors (Lipinski definition) is 5. The van der Waals surface area contributed by atoms with Crippen molar-refractivity contribution in [3.63, 3.8) is 0 Å². The first-order chi connectivity index (χ1) is 10.0. The first kappa shape index (κ1) is 15.5. The standard InChI is InChI=1S/C14H18ClN3O3/c1-18-12(9(15)7-17-18)11(16)8-5-6-10(19-2)14(21-4)13(8)20-3/h5-7,11H,16H2,1-4H3. The van der Waals surface area contributed by atoms with Gasteiger partial charge in [0.25, 0.3) is 0 Å². The number of benzene rings is 1. The number of nitrogens with two attached hydrogens (primary N) is 1. The summed E-state index contributed by atoms with van der Waals surface area (Å²) in [4.78, 5) is 0. The smallest absolute Gasteiger partial charge is 0.203 e. The number of halogens is 1. The highest BCUT2D eigenvalue weighted by Crippen LogP contribution is 2.43. The van der Waals surface area contributed by atoms with E-state index >= 15 is 0 Å². The van der Waals surface area contributed by atoms with Crippen molar-refractivity contribution in [3.05, 3.63) is 34.6 Å². The molecule has 1 atom stereocenters. The Balaban J connectivity index is 2.58. The van der Waals surface area contributed by atoms with Crippen LogP contribution in [0.15, 0.2) is 18.3 Å². The van der Waals surface area contributed by atoms with E-state index in [1.54, 1.807) is 45.3 Å². The van der Waals surface area contributed by atoms with Crippen molar-refractivity contribution < 1.29 is 14.2 Å². The second-order valence-electron chi connectivity index (χ2n) is 4.40. The van der Waals surface area contributed by atoms with E-state index in [1.807, 2.05) is 6.07 Å². The average Bonchev–Trinajstić information content (AvgIpc) is 2.83. The van der Waals surface area contributed by atoms with Gasteiger partial charge in [-0.05, 0) is 12.1 Å². The van der Waals surface area contributed by atoms with Crippen molar-refractivity contribution in [2.75, 3.05) is 21.3 Å². The second-order valence-corrected chi connectivity index (χ2v) is 4.81. The van der Waals surface area contributed by atoms with Crippen molar-refractivity contribution in [2.24, 2.45) is 12.8 Å². The molecule has 0 aliphatic heterocycles. The monoisotopic (exact) mass is 311 g/mol. The molecule has 0 amide bonds. The Labute approximate surface area is 128 Å². The van der Waals surface area contributed by atoms with Gasteiger partial charge in [-0.25, -0.2) is 0 Å². The predicted molar refractivity (Wildman–Crippen MR) is 80.3 cm³/mol. The van der Waals surface area contributed by atoms with Gasteiger partial charge in [0.2, 0.25) is 5.75 Å². The van der Waals surface area contributed by atoms with E-state index in [0.29, 0.717) is 28.0 Å². The third-order valence-electron chi connectivity index (χ3n) is 3.30. The zero-order chi connectivity index (χ0) is 15.6. The Morgan fingerprint density at radius 2 is 1.81 bits per heavy atom. The Kier molecular flexibility index (Phi) is 4.59. The maximum atomic E-state index is 6.33. The fourth-order valence-corrected chi connectivity index (χ4v) is 2.57. The lowest BCUT2D eigenvalue weighted by Crippen LogP contribution is -2.17. The minimum Gasteiger partial charge on any atom is -0.493 e. The van der Waals surface area contributed by atoms with Crippen LogP contribution in [-0.2, 0) is 7.05 Å². The average molecular weight is 312 g/mol. The van der Waals surface area contributed by atoms with Gasteiger partial charge < -0.3 is 19.9 Å². The van der Waals surface area contributed by atoms with Crippen LogP contribution in [0.1, 0.15) is 17.3 Å². The molecule has 0 radical (unpaired) electrons. The van der Waals surface area contributed by atoms with Gasteiger partial charge >= 0.3 is 0 Å². The molecule has 2 rings (SSSR count). The molecule has 0 fully saturated rings. The third kappa shape index (κ3) is 2.64. The van der Waals surface area contributed by atoms with Gasteiger partial charge in [0.15, 0.2) is 11.5 Å². The van der Waals surface area contributed by atoms with Gasteiger partial charge in [0.1, 0.15) is 0 Å². The maximum absolute atomic E-state index is 6.33. The minimum absolute atomic E-state index is 0.492. The third-order valence-corrected chi connectivity index (χ3v) is 3.59. The van der Waals surface area contributed by atoms with Crippen LogP contribution in [0.3, 0.4) is 0 Å². The quantitative estimate of drug-likeness (QED) is 0.916. The van der Waals surface area contributed by atoms with Crippen LogP contribution >= 0.6 is 11.6 Å². The molecule has 7 heteroatoms. The lowest BCUT2D eigenvalue weighted by atomic mass is 10.0. The number of nitrogens with zero attached hydrogens (tertiary/aromatic N) is 2. The van der Waals surface area contributed by atoms with Crippen LogP contribution in [0.4, 0.5) is 0 Å². The first-order valence-electron chi connectivity index (χ1n) is 6.27. The molecule has 0 bridgehead atoms. The molecule has 1 aromatic heterocycles. The van der Waals surface area contributed by atoms with Gasteiger partial charge in [-0.1, -0.05) is 11.6 Å². The Hall–Kier alpha value is -1.92. The molecule has 1 heterocycles. The van der Waals surface area contributed by atoms with Gasteiger partial charge in [-0.3, -0.25) is 4.68 Å². The molecule has 0 aliphatic carbocycles. The molecule has 0 saturated heterocycles. The van der Waals surface area contributed by atoms with E-state index in [1.165, 1.54) is 0 Å². The Bertz CT molecular complexity index is 623. The summed E-state index contributed by atoms with van der Waals surface area (Å²) in [5.41, 5.74) is 7.77.